The number of carbonyl (C=O) groups is 1. The molecule has 7 heteroatoms. The molecule has 2 aromatic carbocycles. The molecule has 1 aliphatic rings. The SMILES string of the molecule is O=C(Nc1ccc2c(c1)OCCO2)c1ccc(Oc2ccc(Br)cc2)nc1. The Hall–Kier alpha value is -3.06. The smallest absolute Gasteiger partial charge is 0.257 e. The fourth-order valence-corrected chi connectivity index (χ4v) is 2.79. The Morgan fingerprint density at radius 1 is 1.00 bits per heavy atom. The standard InChI is InChI=1S/C20H15BrN2O4/c21-14-2-5-16(6-3-14)27-19-8-1-13(12-22-19)20(24)23-15-4-7-17-18(11-15)26-10-9-25-17/h1-8,11-12H,9-10H2,(H,23,24). The Kier molecular flexibility index (Phi) is 4.93. The minimum Gasteiger partial charge on any atom is -0.486 e. The van der Waals surface area contributed by atoms with E-state index in [1.54, 1.807) is 30.3 Å². The molecule has 3 aromatic rings. The van der Waals surface area contributed by atoms with Crippen LogP contribution >= 0.6 is 15.9 Å². The van der Waals surface area contributed by atoms with E-state index < -0.39 is 0 Å². The molecule has 0 unspecified atom stereocenters. The van der Waals surface area contributed by atoms with Crippen molar-refractivity contribution in [2.75, 3.05) is 18.5 Å². The summed E-state index contributed by atoms with van der Waals surface area (Å²) in [4.78, 5) is 16.6. The third-order valence-corrected chi connectivity index (χ3v) is 4.36. The van der Waals surface area contributed by atoms with Gasteiger partial charge in [-0.1, -0.05) is 15.9 Å². The van der Waals surface area contributed by atoms with Gasteiger partial charge in [-0.05, 0) is 42.5 Å². The fourth-order valence-electron chi connectivity index (χ4n) is 2.52. The highest BCUT2D eigenvalue weighted by molar-refractivity contribution is 9.10. The highest BCUT2D eigenvalue weighted by Gasteiger charge is 2.13. The summed E-state index contributed by atoms with van der Waals surface area (Å²) < 4.78 is 17.6. The number of ether oxygens (including phenoxy) is 3. The van der Waals surface area contributed by atoms with Crippen LogP contribution in [0, 0.1) is 0 Å². The molecule has 1 aromatic heterocycles. The zero-order valence-electron chi connectivity index (χ0n) is 14.1. The molecule has 1 amide bonds. The third-order valence-electron chi connectivity index (χ3n) is 3.83. The van der Waals surface area contributed by atoms with Crippen molar-refractivity contribution in [2.24, 2.45) is 0 Å². The van der Waals surface area contributed by atoms with Gasteiger partial charge in [-0.2, -0.15) is 0 Å². The summed E-state index contributed by atoms with van der Waals surface area (Å²) in [6.07, 6.45) is 1.47. The van der Waals surface area contributed by atoms with Crippen LogP contribution in [0.25, 0.3) is 0 Å². The van der Waals surface area contributed by atoms with Crippen molar-refractivity contribution in [1.82, 2.24) is 4.98 Å². The number of fused-ring (bicyclic) bond motifs is 1. The summed E-state index contributed by atoms with van der Waals surface area (Å²) in [5, 5.41) is 2.82. The van der Waals surface area contributed by atoms with Gasteiger partial charge in [-0.3, -0.25) is 4.79 Å². The molecule has 0 aliphatic carbocycles. The lowest BCUT2D eigenvalue weighted by Crippen LogP contribution is -2.16. The Balaban J connectivity index is 1.42. The van der Waals surface area contributed by atoms with Crippen LogP contribution in [0.15, 0.2) is 65.3 Å². The highest BCUT2D eigenvalue weighted by atomic mass is 79.9. The van der Waals surface area contributed by atoms with Crippen LogP contribution < -0.4 is 19.5 Å². The van der Waals surface area contributed by atoms with E-state index in [0.29, 0.717) is 47.6 Å². The molecule has 0 spiro atoms. The molecular weight excluding hydrogens is 412 g/mol. The number of nitrogens with one attached hydrogen (secondary N) is 1. The van der Waals surface area contributed by atoms with E-state index >= 15 is 0 Å². The van der Waals surface area contributed by atoms with E-state index in [9.17, 15) is 4.79 Å². The Bertz CT molecular complexity index is 959. The molecule has 136 valence electrons. The zero-order chi connectivity index (χ0) is 18.6. The lowest BCUT2D eigenvalue weighted by molar-refractivity contribution is 0.102. The number of nitrogens with zero attached hydrogens (tertiary/aromatic N) is 1. The van der Waals surface area contributed by atoms with Crippen LogP contribution in [0.3, 0.4) is 0 Å². The molecule has 6 nitrogen and oxygen atoms in total. The van der Waals surface area contributed by atoms with Crippen LogP contribution in [0.2, 0.25) is 0 Å². The summed E-state index contributed by atoms with van der Waals surface area (Å²) in [5.41, 5.74) is 1.05. The Labute approximate surface area is 164 Å². The number of hydrogen-bond donors (Lipinski definition) is 1. The molecule has 1 aliphatic heterocycles. The first-order valence-corrected chi connectivity index (χ1v) is 9.07. The average Bonchev–Trinajstić information content (AvgIpc) is 2.70. The van der Waals surface area contributed by atoms with E-state index in [4.69, 9.17) is 14.2 Å². The molecule has 1 N–H and O–H groups in total. The van der Waals surface area contributed by atoms with Crippen LogP contribution in [0.5, 0.6) is 23.1 Å². The van der Waals surface area contributed by atoms with Gasteiger partial charge < -0.3 is 19.5 Å². The summed E-state index contributed by atoms with van der Waals surface area (Å²) in [5.74, 6) is 2.10. The number of pyridine rings is 1. The first-order valence-electron chi connectivity index (χ1n) is 8.28. The number of halogens is 1. The number of anilines is 1. The van der Waals surface area contributed by atoms with Gasteiger partial charge in [-0.15, -0.1) is 0 Å². The van der Waals surface area contributed by atoms with Crippen LogP contribution in [0.1, 0.15) is 10.4 Å². The van der Waals surface area contributed by atoms with E-state index in [1.807, 2.05) is 24.3 Å². The second-order valence-electron chi connectivity index (χ2n) is 5.75. The molecule has 0 saturated heterocycles. The van der Waals surface area contributed by atoms with Crippen molar-refractivity contribution in [3.8, 4) is 23.1 Å². The summed E-state index contributed by atoms with van der Waals surface area (Å²) >= 11 is 3.37. The highest BCUT2D eigenvalue weighted by Crippen LogP contribution is 2.32. The average molecular weight is 427 g/mol. The maximum absolute atomic E-state index is 12.4. The topological polar surface area (TPSA) is 69.7 Å². The molecule has 0 atom stereocenters. The molecule has 0 bridgehead atoms. The predicted octanol–water partition coefficient (Wildman–Crippen LogP) is 4.66. The predicted molar refractivity (Wildman–Crippen MR) is 104 cm³/mol. The fraction of sp³-hybridized carbons (Fsp3) is 0.100. The van der Waals surface area contributed by atoms with Gasteiger partial charge in [-0.25, -0.2) is 4.98 Å². The number of amides is 1. The Morgan fingerprint density at radius 2 is 1.78 bits per heavy atom. The monoisotopic (exact) mass is 426 g/mol. The Morgan fingerprint density at radius 3 is 2.52 bits per heavy atom. The maximum Gasteiger partial charge on any atom is 0.257 e. The zero-order valence-corrected chi connectivity index (χ0v) is 15.7. The van der Waals surface area contributed by atoms with E-state index in [1.165, 1.54) is 6.20 Å². The van der Waals surface area contributed by atoms with Crippen molar-refractivity contribution in [2.45, 2.75) is 0 Å². The number of rotatable bonds is 4. The molecule has 0 radical (unpaired) electrons. The number of carbonyl (C=O) groups excluding carboxylic acids is 1. The maximum atomic E-state index is 12.4. The molecule has 4 rings (SSSR count). The van der Waals surface area contributed by atoms with Crippen molar-refractivity contribution >= 4 is 27.5 Å². The van der Waals surface area contributed by atoms with E-state index in [-0.39, 0.29) is 5.91 Å². The largest absolute Gasteiger partial charge is 0.486 e. The van der Waals surface area contributed by atoms with E-state index in [0.717, 1.165) is 4.47 Å². The van der Waals surface area contributed by atoms with Crippen LogP contribution in [-0.2, 0) is 0 Å². The lowest BCUT2D eigenvalue weighted by Gasteiger charge is -2.19. The van der Waals surface area contributed by atoms with Gasteiger partial charge in [0.25, 0.3) is 5.91 Å². The summed E-state index contributed by atoms with van der Waals surface area (Å²) in [6, 6.07) is 16.0. The van der Waals surface area contributed by atoms with Gasteiger partial charge in [0, 0.05) is 28.5 Å². The van der Waals surface area contributed by atoms with Gasteiger partial charge in [0.2, 0.25) is 5.88 Å². The molecule has 27 heavy (non-hydrogen) atoms. The summed E-state index contributed by atoms with van der Waals surface area (Å²) in [6.45, 7) is 1.02. The molecule has 0 saturated carbocycles. The van der Waals surface area contributed by atoms with Gasteiger partial charge in [0.1, 0.15) is 19.0 Å². The first-order chi connectivity index (χ1) is 13.2. The quantitative estimate of drug-likeness (QED) is 0.656. The minimum absolute atomic E-state index is 0.269. The van der Waals surface area contributed by atoms with Crippen molar-refractivity contribution in [3.05, 3.63) is 70.8 Å². The summed E-state index contributed by atoms with van der Waals surface area (Å²) in [7, 11) is 0. The van der Waals surface area contributed by atoms with Crippen molar-refractivity contribution in [1.29, 1.82) is 0 Å². The number of benzene rings is 2. The van der Waals surface area contributed by atoms with Gasteiger partial charge >= 0.3 is 0 Å². The van der Waals surface area contributed by atoms with Crippen molar-refractivity contribution in [3.63, 3.8) is 0 Å². The van der Waals surface area contributed by atoms with Crippen molar-refractivity contribution < 1.29 is 19.0 Å². The normalized spacial score (nSPS) is 12.3. The second kappa shape index (κ2) is 7.67. The molecule has 2 heterocycles. The second-order valence-corrected chi connectivity index (χ2v) is 6.67. The molecular formula is C20H15BrN2O4. The first kappa shape index (κ1) is 17.4. The minimum atomic E-state index is -0.269. The van der Waals surface area contributed by atoms with Crippen LogP contribution in [-0.4, -0.2) is 24.1 Å². The van der Waals surface area contributed by atoms with Gasteiger partial charge in [0.05, 0.1) is 5.56 Å². The third kappa shape index (κ3) is 4.20. The molecule has 0 fully saturated rings. The van der Waals surface area contributed by atoms with Crippen LogP contribution in [0.4, 0.5) is 5.69 Å². The number of aromatic nitrogens is 1. The van der Waals surface area contributed by atoms with E-state index in [2.05, 4.69) is 26.2 Å². The van der Waals surface area contributed by atoms with Gasteiger partial charge in [0.15, 0.2) is 11.5 Å². The lowest BCUT2D eigenvalue weighted by atomic mass is 10.2. The number of hydrogen-bond acceptors (Lipinski definition) is 5.